The number of carbonyl (C=O) groups is 1. The number of fused-ring (bicyclic) bond motifs is 1. The number of nitrogens with two attached hydrogens (primary N) is 1. The van der Waals surface area contributed by atoms with Gasteiger partial charge >= 0.3 is 6.09 Å². The third-order valence-electron chi connectivity index (χ3n) is 4.36. The van der Waals surface area contributed by atoms with Crippen LogP contribution in [0.4, 0.5) is 16.4 Å². The van der Waals surface area contributed by atoms with Gasteiger partial charge in [0.25, 0.3) is 0 Å². The van der Waals surface area contributed by atoms with Gasteiger partial charge in [0, 0.05) is 35.9 Å². The molecule has 160 valence electrons. The van der Waals surface area contributed by atoms with Crippen LogP contribution >= 0.6 is 0 Å². The molecule has 0 saturated heterocycles. The lowest BCUT2D eigenvalue weighted by Crippen LogP contribution is -2.27. The van der Waals surface area contributed by atoms with Crippen molar-refractivity contribution in [3.63, 3.8) is 0 Å². The maximum Gasteiger partial charge on any atom is 0.412 e. The zero-order valence-electron chi connectivity index (χ0n) is 18.6. The van der Waals surface area contributed by atoms with Gasteiger partial charge in [0.2, 0.25) is 5.95 Å². The van der Waals surface area contributed by atoms with E-state index in [2.05, 4.69) is 46.7 Å². The molecule has 2 aromatic heterocycles. The number of anilines is 2. The van der Waals surface area contributed by atoms with Crippen molar-refractivity contribution in [1.82, 2.24) is 14.5 Å². The molecule has 0 spiro atoms. The largest absolute Gasteiger partial charge is 0.444 e. The van der Waals surface area contributed by atoms with Gasteiger partial charge in [0.15, 0.2) is 0 Å². The smallest absolute Gasteiger partial charge is 0.412 e. The number of carbonyl (C=O) groups excluding carboxylic acids is 1. The SMILES string of the molecule is CC(C)(C)Cn1c(Cc2ccc(NC(=O)OC(C)(C)C)cc2)cc2cnc(N)nc21. The molecule has 0 unspecified atom stereocenters. The Hall–Kier alpha value is -3.09. The first-order valence-electron chi connectivity index (χ1n) is 10.1. The second-order valence-electron chi connectivity index (χ2n) is 9.79. The summed E-state index contributed by atoms with van der Waals surface area (Å²) >= 11 is 0. The van der Waals surface area contributed by atoms with E-state index in [0.717, 1.165) is 35.3 Å². The molecule has 0 bridgehead atoms. The Kier molecular flexibility index (Phi) is 5.74. The molecule has 1 aromatic carbocycles. The first-order chi connectivity index (χ1) is 13.9. The van der Waals surface area contributed by atoms with E-state index in [1.165, 1.54) is 0 Å². The van der Waals surface area contributed by atoms with Crippen molar-refractivity contribution < 1.29 is 9.53 Å². The Labute approximate surface area is 177 Å². The number of hydrogen-bond acceptors (Lipinski definition) is 5. The first kappa shape index (κ1) is 21.6. The van der Waals surface area contributed by atoms with Gasteiger partial charge in [-0.2, -0.15) is 4.98 Å². The third-order valence-corrected chi connectivity index (χ3v) is 4.36. The van der Waals surface area contributed by atoms with Gasteiger partial charge in [-0.15, -0.1) is 0 Å². The van der Waals surface area contributed by atoms with E-state index in [4.69, 9.17) is 10.5 Å². The molecule has 0 atom stereocenters. The average molecular weight is 410 g/mol. The highest BCUT2D eigenvalue weighted by molar-refractivity contribution is 5.84. The summed E-state index contributed by atoms with van der Waals surface area (Å²) in [5, 5.41) is 3.74. The molecule has 7 nitrogen and oxygen atoms in total. The van der Waals surface area contributed by atoms with Crippen LogP contribution in [0.1, 0.15) is 52.8 Å². The zero-order chi connectivity index (χ0) is 22.1. The highest BCUT2D eigenvalue weighted by Gasteiger charge is 2.19. The summed E-state index contributed by atoms with van der Waals surface area (Å²) in [6.07, 6.45) is 2.05. The van der Waals surface area contributed by atoms with E-state index < -0.39 is 11.7 Å². The quantitative estimate of drug-likeness (QED) is 0.632. The fourth-order valence-electron chi connectivity index (χ4n) is 3.24. The van der Waals surface area contributed by atoms with Crippen LogP contribution in [0, 0.1) is 5.41 Å². The number of benzene rings is 1. The number of nitrogens with one attached hydrogen (secondary N) is 1. The Balaban J connectivity index is 1.82. The van der Waals surface area contributed by atoms with Gasteiger partial charge in [-0.1, -0.05) is 32.9 Å². The molecule has 3 N–H and O–H groups in total. The van der Waals surface area contributed by atoms with Crippen LogP contribution in [0.25, 0.3) is 11.0 Å². The van der Waals surface area contributed by atoms with Crippen molar-refractivity contribution >= 4 is 28.8 Å². The van der Waals surface area contributed by atoms with E-state index in [-0.39, 0.29) is 11.4 Å². The molecule has 1 amide bonds. The maximum absolute atomic E-state index is 11.9. The molecule has 0 saturated carbocycles. The fourth-order valence-corrected chi connectivity index (χ4v) is 3.24. The van der Waals surface area contributed by atoms with Gasteiger partial charge in [0.05, 0.1) is 0 Å². The molecule has 2 heterocycles. The van der Waals surface area contributed by atoms with Crippen LogP contribution < -0.4 is 11.1 Å². The predicted octanol–water partition coefficient (Wildman–Crippen LogP) is 5.00. The summed E-state index contributed by atoms with van der Waals surface area (Å²) < 4.78 is 7.52. The molecule has 7 heteroatoms. The Morgan fingerprint density at radius 3 is 2.40 bits per heavy atom. The van der Waals surface area contributed by atoms with Crippen molar-refractivity contribution in [2.45, 2.75) is 60.1 Å². The van der Waals surface area contributed by atoms with Gasteiger partial charge in [0.1, 0.15) is 11.2 Å². The molecular weight excluding hydrogens is 378 g/mol. The maximum atomic E-state index is 11.9. The summed E-state index contributed by atoms with van der Waals surface area (Å²) in [6.45, 7) is 12.9. The van der Waals surface area contributed by atoms with Crippen molar-refractivity contribution in [2.24, 2.45) is 5.41 Å². The van der Waals surface area contributed by atoms with Crippen LogP contribution in [0.5, 0.6) is 0 Å². The fraction of sp³-hybridized carbons (Fsp3) is 0.435. The Morgan fingerprint density at radius 2 is 1.80 bits per heavy atom. The van der Waals surface area contributed by atoms with E-state index in [1.54, 1.807) is 6.20 Å². The number of nitrogen functional groups attached to an aromatic ring is 1. The van der Waals surface area contributed by atoms with E-state index >= 15 is 0 Å². The van der Waals surface area contributed by atoms with Crippen LogP contribution in [-0.2, 0) is 17.7 Å². The number of nitrogens with zero attached hydrogens (tertiary/aromatic N) is 3. The zero-order valence-corrected chi connectivity index (χ0v) is 18.6. The standard InChI is InChI=1S/C23H31N5O2/c1-22(2,3)14-28-18(12-16-13-25-20(24)27-19(16)28)11-15-7-9-17(10-8-15)26-21(29)30-23(4,5)6/h7-10,12-13H,11,14H2,1-6H3,(H,26,29)(H2,24,25,27). The minimum Gasteiger partial charge on any atom is -0.444 e. The van der Waals surface area contributed by atoms with Gasteiger partial charge < -0.3 is 15.0 Å². The lowest BCUT2D eigenvalue weighted by atomic mass is 9.96. The minimum atomic E-state index is -0.531. The second kappa shape index (κ2) is 7.97. The Bertz CT molecular complexity index is 1040. The minimum absolute atomic E-state index is 0.0849. The van der Waals surface area contributed by atoms with Gasteiger partial charge in [-0.25, -0.2) is 9.78 Å². The van der Waals surface area contributed by atoms with Crippen molar-refractivity contribution in [2.75, 3.05) is 11.1 Å². The molecule has 0 aliphatic carbocycles. The van der Waals surface area contributed by atoms with E-state index in [9.17, 15) is 4.79 Å². The molecule has 0 fully saturated rings. The number of rotatable bonds is 4. The summed E-state index contributed by atoms with van der Waals surface area (Å²) in [5.41, 5.74) is 9.21. The second-order valence-corrected chi connectivity index (χ2v) is 9.79. The molecule has 0 radical (unpaired) electrons. The molecule has 0 aliphatic rings. The Morgan fingerprint density at radius 1 is 1.13 bits per heavy atom. The highest BCUT2D eigenvalue weighted by Crippen LogP contribution is 2.26. The summed E-state index contributed by atoms with van der Waals surface area (Å²) in [6, 6.07) is 9.90. The summed E-state index contributed by atoms with van der Waals surface area (Å²) in [4.78, 5) is 20.5. The summed E-state index contributed by atoms with van der Waals surface area (Å²) in [5.74, 6) is 0.278. The predicted molar refractivity (Wildman–Crippen MR) is 121 cm³/mol. The molecule has 3 aromatic rings. The average Bonchev–Trinajstić information content (AvgIpc) is 2.90. The molecule has 30 heavy (non-hydrogen) atoms. The third kappa shape index (κ3) is 5.72. The molecule has 3 rings (SSSR count). The normalized spacial score (nSPS) is 12.2. The summed E-state index contributed by atoms with van der Waals surface area (Å²) in [7, 11) is 0. The number of hydrogen-bond donors (Lipinski definition) is 2. The number of aromatic nitrogens is 3. The number of ether oxygens (including phenoxy) is 1. The van der Waals surface area contributed by atoms with E-state index in [0.29, 0.717) is 5.69 Å². The van der Waals surface area contributed by atoms with Crippen LogP contribution in [0.2, 0.25) is 0 Å². The first-order valence-corrected chi connectivity index (χ1v) is 10.1. The highest BCUT2D eigenvalue weighted by atomic mass is 16.6. The van der Waals surface area contributed by atoms with Gasteiger partial charge in [-0.05, 0) is 49.9 Å². The molecular formula is C23H31N5O2. The van der Waals surface area contributed by atoms with Gasteiger partial charge in [-0.3, -0.25) is 5.32 Å². The lowest BCUT2D eigenvalue weighted by Gasteiger charge is -2.22. The van der Waals surface area contributed by atoms with Crippen molar-refractivity contribution in [3.05, 3.63) is 47.8 Å². The van der Waals surface area contributed by atoms with Crippen LogP contribution in [0.15, 0.2) is 36.5 Å². The lowest BCUT2D eigenvalue weighted by molar-refractivity contribution is 0.0636. The monoisotopic (exact) mass is 409 g/mol. The van der Waals surface area contributed by atoms with Crippen molar-refractivity contribution in [1.29, 1.82) is 0 Å². The van der Waals surface area contributed by atoms with Crippen molar-refractivity contribution in [3.8, 4) is 0 Å². The topological polar surface area (TPSA) is 95.1 Å². The van der Waals surface area contributed by atoms with Crippen LogP contribution in [-0.4, -0.2) is 26.2 Å². The molecule has 0 aliphatic heterocycles. The van der Waals surface area contributed by atoms with Crippen LogP contribution in [0.3, 0.4) is 0 Å². The van der Waals surface area contributed by atoms with E-state index in [1.807, 2.05) is 45.0 Å². The number of amides is 1.